The van der Waals surface area contributed by atoms with Crippen molar-refractivity contribution in [2.24, 2.45) is 0 Å². The number of hydrogen-bond donors (Lipinski definition) is 1. The van der Waals surface area contributed by atoms with Gasteiger partial charge in [0, 0.05) is 17.8 Å². The second kappa shape index (κ2) is 7.85. The fourth-order valence-corrected chi connectivity index (χ4v) is 4.15. The number of pyridine rings is 1. The molecule has 0 saturated carbocycles. The summed E-state index contributed by atoms with van der Waals surface area (Å²) in [6.07, 6.45) is 2.81. The number of sulfone groups is 1. The summed E-state index contributed by atoms with van der Waals surface area (Å²) in [5.41, 5.74) is 3.16. The first-order chi connectivity index (χ1) is 14.7. The summed E-state index contributed by atoms with van der Waals surface area (Å²) in [5.74, 6) is -0.0952. The second-order valence-electron chi connectivity index (χ2n) is 7.20. The number of carbonyl (C=O) groups is 1. The molecule has 0 unspecified atom stereocenters. The molecule has 6 nitrogen and oxygen atoms in total. The van der Waals surface area contributed by atoms with Crippen LogP contribution in [0.5, 0.6) is 11.5 Å². The first kappa shape index (κ1) is 20.6. The van der Waals surface area contributed by atoms with Crippen LogP contribution in [-0.2, 0) is 9.84 Å². The van der Waals surface area contributed by atoms with Crippen molar-refractivity contribution in [3.63, 3.8) is 0 Å². The molecule has 0 amide bonds. The highest BCUT2D eigenvalue weighted by Gasteiger charge is 2.15. The molecule has 3 aromatic carbocycles. The summed E-state index contributed by atoms with van der Waals surface area (Å²) in [6, 6.07) is 18.8. The highest BCUT2D eigenvalue weighted by atomic mass is 32.2. The zero-order valence-corrected chi connectivity index (χ0v) is 17.7. The van der Waals surface area contributed by atoms with Gasteiger partial charge in [-0.2, -0.15) is 0 Å². The smallest absolute Gasteiger partial charge is 0.337 e. The number of aryl methyl sites for hydroxylation is 1. The second-order valence-corrected chi connectivity index (χ2v) is 9.22. The van der Waals surface area contributed by atoms with Crippen LogP contribution < -0.4 is 4.74 Å². The van der Waals surface area contributed by atoms with E-state index < -0.39 is 15.8 Å². The van der Waals surface area contributed by atoms with Crippen LogP contribution in [0, 0.1) is 6.92 Å². The molecule has 1 heterocycles. The third-order valence-electron chi connectivity index (χ3n) is 4.91. The number of fused-ring (bicyclic) bond motifs is 1. The highest BCUT2D eigenvalue weighted by molar-refractivity contribution is 7.90. The molecule has 0 spiro atoms. The number of hydrogen-bond acceptors (Lipinski definition) is 5. The summed E-state index contributed by atoms with van der Waals surface area (Å²) in [7, 11) is -3.34. The Labute approximate surface area is 179 Å². The first-order valence-corrected chi connectivity index (χ1v) is 11.3. The van der Waals surface area contributed by atoms with E-state index in [1.54, 1.807) is 30.5 Å². The zero-order valence-electron chi connectivity index (χ0n) is 16.9. The van der Waals surface area contributed by atoms with E-state index in [2.05, 4.69) is 4.98 Å². The fraction of sp³-hybridized carbons (Fsp3) is 0.0833. The molecular formula is C24H19NO5S. The lowest BCUT2D eigenvalue weighted by molar-refractivity contribution is 0.0699. The lowest BCUT2D eigenvalue weighted by atomic mass is 9.95. The van der Waals surface area contributed by atoms with Gasteiger partial charge in [-0.05, 0) is 60.0 Å². The Morgan fingerprint density at radius 1 is 0.968 bits per heavy atom. The molecule has 0 saturated heterocycles. The third-order valence-corrected chi connectivity index (χ3v) is 6.02. The minimum absolute atomic E-state index is 0.142. The Kier molecular flexibility index (Phi) is 5.20. The Bertz CT molecular complexity index is 1430. The van der Waals surface area contributed by atoms with E-state index in [0.29, 0.717) is 17.0 Å². The van der Waals surface area contributed by atoms with Crippen LogP contribution in [-0.4, -0.2) is 30.7 Å². The number of rotatable bonds is 5. The highest BCUT2D eigenvalue weighted by Crippen LogP contribution is 2.35. The normalized spacial score (nSPS) is 11.4. The van der Waals surface area contributed by atoms with Gasteiger partial charge in [0.2, 0.25) is 0 Å². The Hall–Kier alpha value is -3.71. The molecule has 0 atom stereocenters. The van der Waals surface area contributed by atoms with E-state index in [-0.39, 0.29) is 10.5 Å². The van der Waals surface area contributed by atoms with Gasteiger partial charge in [0.15, 0.2) is 9.84 Å². The van der Waals surface area contributed by atoms with E-state index in [4.69, 9.17) is 4.74 Å². The lowest BCUT2D eigenvalue weighted by Crippen LogP contribution is -2.00. The van der Waals surface area contributed by atoms with Crippen LogP contribution in [0.1, 0.15) is 15.9 Å². The first-order valence-electron chi connectivity index (χ1n) is 9.44. The molecule has 1 aromatic heterocycles. The van der Waals surface area contributed by atoms with Crippen LogP contribution in [0.2, 0.25) is 0 Å². The van der Waals surface area contributed by atoms with Crippen molar-refractivity contribution in [1.29, 1.82) is 0 Å². The molecular weight excluding hydrogens is 414 g/mol. The van der Waals surface area contributed by atoms with Crippen LogP contribution in [0.3, 0.4) is 0 Å². The van der Waals surface area contributed by atoms with Gasteiger partial charge in [0.25, 0.3) is 0 Å². The van der Waals surface area contributed by atoms with Gasteiger partial charge in [0.1, 0.15) is 11.5 Å². The predicted octanol–water partition coefficient (Wildman–Crippen LogP) is 5.10. The maximum Gasteiger partial charge on any atom is 0.337 e. The monoisotopic (exact) mass is 433 g/mol. The molecule has 0 aliphatic carbocycles. The maximum atomic E-state index is 11.8. The van der Waals surface area contributed by atoms with Crippen molar-refractivity contribution in [1.82, 2.24) is 4.98 Å². The van der Waals surface area contributed by atoms with Gasteiger partial charge in [-0.25, -0.2) is 13.2 Å². The molecule has 7 heteroatoms. The quantitative estimate of drug-likeness (QED) is 0.470. The van der Waals surface area contributed by atoms with Crippen molar-refractivity contribution in [2.45, 2.75) is 11.8 Å². The molecule has 4 rings (SSSR count). The van der Waals surface area contributed by atoms with Gasteiger partial charge in [-0.3, -0.25) is 4.98 Å². The van der Waals surface area contributed by atoms with Crippen molar-refractivity contribution in [3.05, 3.63) is 84.1 Å². The van der Waals surface area contributed by atoms with Gasteiger partial charge in [-0.1, -0.05) is 30.3 Å². The number of carboxylic acid groups (broad SMARTS) is 1. The number of ether oxygens (including phenoxy) is 1. The van der Waals surface area contributed by atoms with E-state index in [0.717, 1.165) is 28.3 Å². The van der Waals surface area contributed by atoms with Crippen molar-refractivity contribution < 1.29 is 23.1 Å². The Balaban J connectivity index is 1.79. The van der Waals surface area contributed by atoms with Crippen LogP contribution in [0.15, 0.2) is 77.8 Å². The van der Waals surface area contributed by atoms with Gasteiger partial charge >= 0.3 is 5.97 Å². The van der Waals surface area contributed by atoms with Crippen LogP contribution in [0.25, 0.3) is 22.0 Å². The van der Waals surface area contributed by atoms with E-state index in [9.17, 15) is 18.3 Å². The summed E-state index contributed by atoms with van der Waals surface area (Å²) < 4.78 is 29.5. The predicted molar refractivity (Wildman–Crippen MR) is 119 cm³/mol. The largest absolute Gasteiger partial charge is 0.478 e. The van der Waals surface area contributed by atoms with Crippen molar-refractivity contribution in [2.75, 3.05) is 6.26 Å². The number of nitrogens with zero attached hydrogens (tertiary/aromatic N) is 1. The molecule has 31 heavy (non-hydrogen) atoms. The van der Waals surface area contributed by atoms with Crippen LogP contribution in [0.4, 0.5) is 0 Å². The number of para-hydroxylation sites is 1. The fourth-order valence-electron chi connectivity index (χ4n) is 3.50. The summed E-state index contributed by atoms with van der Waals surface area (Å²) in [6.45, 7) is 1.92. The molecule has 0 aliphatic heterocycles. The topological polar surface area (TPSA) is 93.6 Å². The molecule has 0 fully saturated rings. The summed E-state index contributed by atoms with van der Waals surface area (Å²) in [5, 5.41) is 10.2. The minimum atomic E-state index is -3.34. The molecule has 0 aliphatic rings. The zero-order chi connectivity index (χ0) is 22.2. The lowest BCUT2D eigenvalue weighted by Gasteiger charge is -2.13. The standard InChI is InChI=1S/C24H19NO5S/c1-15-14-25-23-20(10-5-11-21(23)24(26)27)22(15)16-6-3-7-17(12-16)30-18-8-4-9-19(13-18)31(2,28)29/h3-14H,1-2H3,(H,26,27). The van der Waals surface area contributed by atoms with E-state index in [1.165, 1.54) is 18.2 Å². The third kappa shape index (κ3) is 4.13. The average Bonchev–Trinajstić information content (AvgIpc) is 2.73. The van der Waals surface area contributed by atoms with E-state index >= 15 is 0 Å². The van der Waals surface area contributed by atoms with Gasteiger partial charge < -0.3 is 9.84 Å². The van der Waals surface area contributed by atoms with Gasteiger partial charge in [0.05, 0.1) is 16.0 Å². The summed E-state index contributed by atoms with van der Waals surface area (Å²) in [4.78, 5) is 16.1. The molecule has 4 aromatic rings. The molecule has 156 valence electrons. The number of aromatic nitrogens is 1. The number of aromatic carboxylic acids is 1. The van der Waals surface area contributed by atoms with Gasteiger partial charge in [-0.15, -0.1) is 0 Å². The summed E-state index contributed by atoms with van der Waals surface area (Å²) >= 11 is 0. The number of benzene rings is 3. The minimum Gasteiger partial charge on any atom is -0.478 e. The molecule has 0 bridgehead atoms. The van der Waals surface area contributed by atoms with Crippen LogP contribution >= 0.6 is 0 Å². The van der Waals surface area contributed by atoms with Crippen molar-refractivity contribution in [3.8, 4) is 22.6 Å². The Morgan fingerprint density at radius 2 is 1.65 bits per heavy atom. The SMILES string of the molecule is Cc1cnc2c(C(=O)O)cccc2c1-c1cccc(Oc2cccc(S(C)(=O)=O)c2)c1. The number of carboxylic acids is 1. The Morgan fingerprint density at radius 3 is 2.35 bits per heavy atom. The average molecular weight is 433 g/mol. The maximum absolute atomic E-state index is 11.8. The molecule has 0 radical (unpaired) electrons. The van der Waals surface area contributed by atoms with Crippen molar-refractivity contribution >= 4 is 26.7 Å². The van der Waals surface area contributed by atoms with E-state index in [1.807, 2.05) is 31.2 Å². The molecule has 1 N–H and O–H groups in total.